The molecule has 4 rings (SSSR count). The number of benzene rings is 1. The molecule has 0 unspecified atom stereocenters. The van der Waals surface area contributed by atoms with Gasteiger partial charge in [0.25, 0.3) is 5.91 Å². The summed E-state index contributed by atoms with van der Waals surface area (Å²) >= 11 is 1.37. The maximum absolute atomic E-state index is 12.3. The normalized spacial score (nSPS) is 10.5. The number of anilines is 1. The van der Waals surface area contributed by atoms with Crippen molar-refractivity contribution in [1.29, 1.82) is 0 Å². The Morgan fingerprint density at radius 2 is 1.71 bits per heavy atom. The molecule has 0 bridgehead atoms. The number of nitrogens with one attached hydrogen (secondary N) is 1. The van der Waals surface area contributed by atoms with E-state index in [0.29, 0.717) is 28.2 Å². The predicted octanol–water partition coefficient (Wildman–Crippen LogP) is 4.67. The lowest BCUT2D eigenvalue weighted by Crippen LogP contribution is -2.11. The fourth-order valence-electron chi connectivity index (χ4n) is 3.10. The minimum absolute atomic E-state index is 0.222. The maximum atomic E-state index is 12.3. The van der Waals surface area contributed by atoms with Crippen molar-refractivity contribution in [2.75, 3.05) is 12.4 Å². The van der Waals surface area contributed by atoms with Crippen molar-refractivity contribution >= 4 is 22.4 Å². The third kappa shape index (κ3) is 4.67. The van der Waals surface area contributed by atoms with Gasteiger partial charge in [0.05, 0.1) is 25.2 Å². The Morgan fingerprint density at radius 1 is 1.00 bits per heavy atom. The van der Waals surface area contributed by atoms with Crippen LogP contribution in [0.25, 0.3) is 11.3 Å². The lowest BCUT2D eigenvalue weighted by atomic mass is 10.0. The zero-order valence-corrected chi connectivity index (χ0v) is 17.9. The third-order valence-corrected chi connectivity index (χ3v) is 5.21. The quantitative estimate of drug-likeness (QED) is 0.472. The van der Waals surface area contributed by atoms with Crippen molar-refractivity contribution in [3.63, 3.8) is 0 Å². The van der Waals surface area contributed by atoms with Crippen molar-refractivity contribution in [3.8, 4) is 28.8 Å². The van der Waals surface area contributed by atoms with Crippen LogP contribution in [0.5, 0.6) is 17.5 Å². The molecule has 4 aromatic rings. The summed E-state index contributed by atoms with van der Waals surface area (Å²) in [6.45, 7) is 3.97. The van der Waals surface area contributed by atoms with Gasteiger partial charge in [-0.3, -0.25) is 20.1 Å². The van der Waals surface area contributed by atoms with Gasteiger partial charge < -0.3 is 9.47 Å². The van der Waals surface area contributed by atoms with Crippen LogP contribution < -0.4 is 14.8 Å². The van der Waals surface area contributed by atoms with Gasteiger partial charge >= 0.3 is 0 Å². The van der Waals surface area contributed by atoms with E-state index in [2.05, 4.69) is 25.3 Å². The Kier molecular flexibility index (Phi) is 5.85. The SMILES string of the molecule is COc1cncc(Oc2cc(C)c(-c3csc(NC(=O)c4ccncc4)n3)c(C)c2)n1. The van der Waals surface area contributed by atoms with Gasteiger partial charge in [0, 0.05) is 28.9 Å². The highest BCUT2D eigenvalue weighted by Crippen LogP contribution is 2.34. The number of amides is 1. The molecule has 31 heavy (non-hydrogen) atoms. The largest absolute Gasteiger partial charge is 0.480 e. The van der Waals surface area contributed by atoms with E-state index < -0.39 is 0 Å². The zero-order chi connectivity index (χ0) is 21.8. The molecule has 0 saturated carbocycles. The molecule has 156 valence electrons. The van der Waals surface area contributed by atoms with Crippen molar-refractivity contribution < 1.29 is 14.3 Å². The summed E-state index contributed by atoms with van der Waals surface area (Å²) in [6, 6.07) is 7.14. The van der Waals surface area contributed by atoms with Crippen LogP contribution in [0.3, 0.4) is 0 Å². The molecule has 0 spiro atoms. The lowest BCUT2D eigenvalue weighted by molar-refractivity contribution is 0.102. The monoisotopic (exact) mass is 433 g/mol. The molecule has 0 radical (unpaired) electrons. The van der Waals surface area contributed by atoms with Crippen LogP contribution in [-0.2, 0) is 0 Å². The standard InChI is InChI=1S/C22H19N5O3S/c1-13-8-16(30-19-11-24-10-18(26-19)29-3)9-14(2)20(13)17-12-31-22(25-17)27-21(28)15-4-6-23-7-5-15/h4-12H,1-3H3,(H,25,27,28). The van der Waals surface area contributed by atoms with E-state index in [0.717, 1.165) is 22.4 Å². The number of hydrogen-bond donors (Lipinski definition) is 1. The second kappa shape index (κ2) is 8.88. The topological polar surface area (TPSA) is 99.1 Å². The molecule has 1 N–H and O–H groups in total. The highest BCUT2D eigenvalue weighted by molar-refractivity contribution is 7.14. The highest BCUT2D eigenvalue weighted by atomic mass is 32.1. The number of ether oxygens (including phenoxy) is 2. The number of thiazole rings is 1. The highest BCUT2D eigenvalue weighted by Gasteiger charge is 2.14. The Bertz CT molecular complexity index is 1200. The summed E-state index contributed by atoms with van der Waals surface area (Å²) in [5, 5.41) is 5.28. The van der Waals surface area contributed by atoms with Crippen LogP contribution in [0.1, 0.15) is 21.5 Å². The van der Waals surface area contributed by atoms with E-state index in [1.54, 1.807) is 24.5 Å². The Balaban J connectivity index is 1.54. The summed E-state index contributed by atoms with van der Waals surface area (Å²) in [7, 11) is 1.53. The number of carbonyl (C=O) groups is 1. The van der Waals surface area contributed by atoms with E-state index in [9.17, 15) is 4.79 Å². The van der Waals surface area contributed by atoms with Crippen molar-refractivity contribution in [1.82, 2.24) is 19.9 Å². The van der Waals surface area contributed by atoms with E-state index in [4.69, 9.17) is 9.47 Å². The average molecular weight is 433 g/mol. The van der Waals surface area contributed by atoms with Crippen molar-refractivity contribution in [2.45, 2.75) is 13.8 Å². The van der Waals surface area contributed by atoms with E-state index in [1.807, 2.05) is 31.4 Å². The number of pyridine rings is 1. The van der Waals surface area contributed by atoms with Gasteiger partial charge in [-0.25, -0.2) is 4.98 Å². The molecule has 1 aromatic carbocycles. The molecule has 0 aliphatic rings. The van der Waals surface area contributed by atoms with Crippen molar-refractivity contribution in [3.05, 3.63) is 71.1 Å². The van der Waals surface area contributed by atoms with Crippen LogP contribution in [-0.4, -0.2) is 33.0 Å². The summed E-state index contributed by atoms with van der Waals surface area (Å²) in [5.74, 6) is 1.15. The summed E-state index contributed by atoms with van der Waals surface area (Å²) in [5.41, 5.74) is 4.29. The maximum Gasteiger partial charge on any atom is 0.257 e. The van der Waals surface area contributed by atoms with E-state index in [1.165, 1.54) is 30.8 Å². The first-order chi connectivity index (χ1) is 15.0. The number of nitrogens with zero attached hydrogens (tertiary/aromatic N) is 4. The zero-order valence-electron chi connectivity index (χ0n) is 17.1. The Labute approximate surface area is 183 Å². The molecular weight excluding hydrogens is 414 g/mol. The second-order valence-corrected chi connectivity index (χ2v) is 7.52. The number of hydrogen-bond acceptors (Lipinski definition) is 8. The van der Waals surface area contributed by atoms with E-state index in [-0.39, 0.29) is 5.91 Å². The number of aromatic nitrogens is 4. The number of methoxy groups -OCH3 is 1. The van der Waals surface area contributed by atoms with Gasteiger partial charge in [0.1, 0.15) is 5.75 Å². The fraction of sp³-hybridized carbons (Fsp3) is 0.136. The summed E-state index contributed by atoms with van der Waals surface area (Å²) in [4.78, 5) is 29.1. The van der Waals surface area contributed by atoms with Crippen LogP contribution in [0.4, 0.5) is 5.13 Å². The van der Waals surface area contributed by atoms with Crippen LogP contribution in [0, 0.1) is 13.8 Å². The third-order valence-electron chi connectivity index (χ3n) is 4.45. The van der Waals surface area contributed by atoms with E-state index >= 15 is 0 Å². The van der Waals surface area contributed by atoms with Crippen molar-refractivity contribution in [2.24, 2.45) is 0 Å². The number of aryl methyl sites for hydroxylation is 2. The molecule has 3 aromatic heterocycles. The molecule has 0 atom stereocenters. The minimum Gasteiger partial charge on any atom is -0.480 e. The van der Waals surface area contributed by atoms with Crippen LogP contribution in [0.2, 0.25) is 0 Å². The van der Waals surface area contributed by atoms with Gasteiger partial charge in [0.2, 0.25) is 11.8 Å². The molecule has 0 aliphatic heterocycles. The number of rotatable bonds is 6. The first-order valence-corrected chi connectivity index (χ1v) is 10.2. The molecule has 0 saturated heterocycles. The smallest absolute Gasteiger partial charge is 0.257 e. The van der Waals surface area contributed by atoms with Gasteiger partial charge in [0.15, 0.2) is 5.13 Å². The van der Waals surface area contributed by atoms with Gasteiger partial charge in [-0.15, -0.1) is 11.3 Å². The van der Waals surface area contributed by atoms with Crippen LogP contribution in [0.15, 0.2) is 54.4 Å². The Hall–Kier alpha value is -3.85. The first kappa shape index (κ1) is 20.4. The average Bonchev–Trinajstić information content (AvgIpc) is 3.21. The fourth-order valence-corrected chi connectivity index (χ4v) is 3.80. The number of carbonyl (C=O) groups excluding carboxylic acids is 1. The minimum atomic E-state index is -0.222. The summed E-state index contributed by atoms with van der Waals surface area (Å²) in [6.07, 6.45) is 6.20. The molecule has 0 fully saturated rings. The van der Waals surface area contributed by atoms with Gasteiger partial charge in [-0.1, -0.05) is 0 Å². The van der Waals surface area contributed by atoms with Crippen LogP contribution >= 0.6 is 11.3 Å². The lowest BCUT2D eigenvalue weighted by Gasteiger charge is -2.12. The predicted molar refractivity (Wildman–Crippen MR) is 118 cm³/mol. The van der Waals surface area contributed by atoms with Gasteiger partial charge in [-0.05, 0) is 49.2 Å². The molecule has 9 heteroatoms. The molecule has 8 nitrogen and oxygen atoms in total. The Morgan fingerprint density at radius 3 is 2.42 bits per heavy atom. The second-order valence-electron chi connectivity index (χ2n) is 6.66. The van der Waals surface area contributed by atoms with Gasteiger partial charge in [-0.2, -0.15) is 4.98 Å². The first-order valence-electron chi connectivity index (χ1n) is 9.36. The molecule has 1 amide bonds. The molecular formula is C22H19N5O3S. The summed E-state index contributed by atoms with van der Waals surface area (Å²) < 4.78 is 10.9. The molecule has 0 aliphatic carbocycles. The molecule has 3 heterocycles.